The molecule has 0 amide bonds. The van der Waals surface area contributed by atoms with Crippen LogP contribution in [0.3, 0.4) is 0 Å². The summed E-state index contributed by atoms with van der Waals surface area (Å²) in [7, 11) is 1.68. The number of likely N-dealkylation sites (tertiary alicyclic amines) is 1. The van der Waals surface area contributed by atoms with Crippen LogP contribution in [0.4, 0.5) is 13.2 Å². The highest BCUT2D eigenvalue weighted by Gasteiger charge is 2.42. The number of aromatic nitrogens is 1. The first-order valence-corrected chi connectivity index (χ1v) is 11.4. The number of thiazole rings is 1. The molecule has 2 atom stereocenters. The minimum absolute atomic E-state index is 0.138. The van der Waals surface area contributed by atoms with E-state index in [0.29, 0.717) is 18.3 Å². The van der Waals surface area contributed by atoms with Crippen molar-refractivity contribution < 1.29 is 13.2 Å². The van der Waals surface area contributed by atoms with E-state index >= 15 is 0 Å². The average Bonchev–Trinajstić information content (AvgIpc) is 3.10. The first-order chi connectivity index (χ1) is 13.8. The summed E-state index contributed by atoms with van der Waals surface area (Å²) in [5.41, 5.74) is 1.15. The van der Waals surface area contributed by atoms with Gasteiger partial charge in [0.15, 0.2) is 5.96 Å². The summed E-state index contributed by atoms with van der Waals surface area (Å²) >= 11 is 1.69. The fourth-order valence-corrected chi connectivity index (χ4v) is 4.91. The lowest BCUT2D eigenvalue weighted by Crippen LogP contribution is -2.48. The molecule has 0 radical (unpaired) electrons. The molecule has 3 rings (SSSR count). The van der Waals surface area contributed by atoms with Gasteiger partial charge in [0.1, 0.15) is 0 Å². The first kappa shape index (κ1) is 22.3. The fourth-order valence-electron chi connectivity index (χ4n) is 4.31. The molecule has 1 aromatic heterocycles. The highest BCUT2D eigenvalue weighted by atomic mass is 32.1. The number of aliphatic imine (C=N–C) groups is 1. The molecule has 1 aliphatic carbocycles. The summed E-state index contributed by atoms with van der Waals surface area (Å²) in [6.07, 6.45) is -0.134. The molecule has 5 nitrogen and oxygen atoms in total. The largest absolute Gasteiger partial charge is 0.391 e. The number of piperidine rings is 1. The zero-order valence-electron chi connectivity index (χ0n) is 17.3. The van der Waals surface area contributed by atoms with Gasteiger partial charge in [-0.3, -0.25) is 9.89 Å². The molecule has 1 saturated heterocycles. The van der Waals surface area contributed by atoms with E-state index in [1.54, 1.807) is 18.4 Å². The Labute approximate surface area is 175 Å². The maximum Gasteiger partial charge on any atom is 0.391 e. The second-order valence-corrected chi connectivity index (χ2v) is 9.34. The van der Waals surface area contributed by atoms with E-state index in [-0.39, 0.29) is 18.9 Å². The summed E-state index contributed by atoms with van der Waals surface area (Å²) in [6, 6.07) is -0.162. The molecule has 1 aromatic rings. The van der Waals surface area contributed by atoms with Gasteiger partial charge in [-0.25, -0.2) is 4.98 Å². The van der Waals surface area contributed by atoms with Crippen LogP contribution in [0.2, 0.25) is 0 Å². The zero-order valence-corrected chi connectivity index (χ0v) is 18.1. The van der Waals surface area contributed by atoms with Crippen LogP contribution in [0.1, 0.15) is 49.2 Å². The normalized spacial score (nSPS) is 25.2. The number of halogens is 3. The van der Waals surface area contributed by atoms with Crippen LogP contribution in [0.5, 0.6) is 0 Å². The third-order valence-electron chi connectivity index (χ3n) is 6.02. The second-order valence-electron chi connectivity index (χ2n) is 8.28. The number of hydrogen-bond donors (Lipinski definition) is 2. The van der Waals surface area contributed by atoms with E-state index in [4.69, 9.17) is 0 Å². The Morgan fingerprint density at radius 1 is 1.28 bits per heavy atom. The number of hydrogen-bond acceptors (Lipinski definition) is 4. The van der Waals surface area contributed by atoms with Crippen LogP contribution in [-0.4, -0.2) is 54.7 Å². The highest BCUT2D eigenvalue weighted by molar-refractivity contribution is 7.09. The molecular formula is C20H32F3N5S. The highest BCUT2D eigenvalue weighted by Crippen LogP contribution is 2.37. The van der Waals surface area contributed by atoms with Gasteiger partial charge in [0, 0.05) is 31.6 Å². The summed E-state index contributed by atoms with van der Waals surface area (Å²) in [5, 5.41) is 9.79. The number of aryl methyl sites for hydroxylation is 1. The Morgan fingerprint density at radius 3 is 2.66 bits per heavy atom. The SMILES string of the molecule is CN=C(NCC1CCN(Cc2csc(C)n2)CC1)NC1CCCC(C(F)(F)F)C1. The lowest BCUT2D eigenvalue weighted by molar-refractivity contribution is -0.183. The average molecular weight is 432 g/mol. The molecule has 2 heterocycles. The van der Waals surface area contributed by atoms with E-state index < -0.39 is 12.1 Å². The molecule has 2 unspecified atom stereocenters. The van der Waals surface area contributed by atoms with E-state index in [9.17, 15) is 13.2 Å². The predicted octanol–water partition coefficient (Wildman–Crippen LogP) is 3.95. The Hall–Kier alpha value is -1.35. The predicted molar refractivity (Wildman–Crippen MR) is 111 cm³/mol. The van der Waals surface area contributed by atoms with Crippen molar-refractivity contribution in [2.45, 2.75) is 64.2 Å². The van der Waals surface area contributed by atoms with Gasteiger partial charge in [-0.15, -0.1) is 11.3 Å². The number of alkyl halides is 3. The quantitative estimate of drug-likeness (QED) is 0.548. The smallest absolute Gasteiger partial charge is 0.356 e. The Bertz CT molecular complexity index is 667. The maximum atomic E-state index is 13.0. The molecule has 29 heavy (non-hydrogen) atoms. The van der Waals surface area contributed by atoms with Gasteiger partial charge in [0.05, 0.1) is 16.6 Å². The van der Waals surface area contributed by atoms with Crippen LogP contribution in [0, 0.1) is 18.8 Å². The summed E-state index contributed by atoms with van der Waals surface area (Å²) in [6.45, 7) is 5.84. The molecule has 2 N–H and O–H groups in total. The standard InChI is InChI=1S/C20H32F3N5S/c1-14-26-18(13-29-14)12-28-8-6-15(7-9-28)11-25-19(24-2)27-17-5-3-4-16(10-17)20(21,22)23/h13,15-17H,3-12H2,1-2H3,(H2,24,25,27). The molecule has 0 bridgehead atoms. The zero-order chi connectivity index (χ0) is 20.9. The molecule has 0 spiro atoms. The molecule has 9 heteroatoms. The van der Waals surface area contributed by atoms with Gasteiger partial charge in [0.2, 0.25) is 0 Å². The van der Waals surface area contributed by atoms with Crippen LogP contribution < -0.4 is 10.6 Å². The van der Waals surface area contributed by atoms with Gasteiger partial charge < -0.3 is 10.6 Å². The molecule has 1 aliphatic heterocycles. The molecule has 164 valence electrons. The van der Waals surface area contributed by atoms with Gasteiger partial charge >= 0.3 is 6.18 Å². The number of nitrogens with one attached hydrogen (secondary N) is 2. The number of guanidine groups is 1. The lowest BCUT2D eigenvalue weighted by atomic mass is 9.85. The van der Waals surface area contributed by atoms with E-state index in [2.05, 4.69) is 30.9 Å². The third kappa shape index (κ3) is 6.84. The topological polar surface area (TPSA) is 52.6 Å². The molecule has 2 fully saturated rings. The lowest BCUT2D eigenvalue weighted by Gasteiger charge is -2.33. The van der Waals surface area contributed by atoms with Crippen molar-refractivity contribution >= 4 is 17.3 Å². The van der Waals surface area contributed by atoms with Crippen LogP contribution in [0.25, 0.3) is 0 Å². The maximum absolute atomic E-state index is 13.0. The van der Waals surface area contributed by atoms with Gasteiger partial charge in [-0.1, -0.05) is 6.42 Å². The van der Waals surface area contributed by atoms with Crippen molar-refractivity contribution in [3.63, 3.8) is 0 Å². The van der Waals surface area contributed by atoms with Crippen molar-refractivity contribution in [1.82, 2.24) is 20.5 Å². The van der Waals surface area contributed by atoms with E-state index in [0.717, 1.165) is 56.1 Å². The van der Waals surface area contributed by atoms with Gasteiger partial charge in [-0.05, 0) is 58.0 Å². The Kier molecular flexibility index (Phi) is 7.79. The first-order valence-electron chi connectivity index (χ1n) is 10.5. The van der Waals surface area contributed by atoms with Crippen molar-refractivity contribution in [2.24, 2.45) is 16.8 Å². The van der Waals surface area contributed by atoms with Crippen molar-refractivity contribution in [3.8, 4) is 0 Å². The Balaban J connectivity index is 1.38. The monoisotopic (exact) mass is 431 g/mol. The summed E-state index contributed by atoms with van der Waals surface area (Å²) in [5.74, 6) is -0.0212. The molecule has 1 saturated carbocycles. The van der Waals surface area contributed by atoms with Gasteiger partial charge in [0.25, 0.3) is 0 Å². The Morgan fingerprint density at radius 2 is 2.03 bits per heavy atom. The van der Waals surface area contributed by atoms with Crippen LogP contribution in [0.15, 0.2) is 10.4 Å². The van der Waals surface area contributed by atoms with Crippen LogP contribution in [-0.2, 0) is 6.54 Å². The van der Waals surface area contributed by atoms with Gasteiger partial charge in [-0.2, -0.15) is 13.2 Å². The molecule has 0 aromatic carbocycles. The fraction of sp³-hybridized carbons (Fsp3) is 0.800. The minimum atomic E-state index is -4.09. The van der Waals surface area contributed by atoms with E-state index in [1.807, 2.05) is 6.92 Å². The van der Waals surface area contributed by atoms with Crippen molar-refractivity contribution in [2.75, 3.05) is 26.7 Å². The minimum Gasteiger partial charge on any atom is -0.356 e. The van der Waals surface area contributed by atoms with Crippen molar-refractivity contribution in [3.05, 3.63) is 16.1 Å². The number of nitrogens with zero attached hydrogens (tertiary/aromatic N) is 3. The van der Waals surface area contributed by atoms with E-state index in [1.165, 1.54) is 0 Å². The molecular weight excluding hydrogens is 399 g/mol. The molecule has 2 aliphatic rings. The van der Waals surface area contributed by atoms with Crippen LogP contribution >= 0.6 is 11.3 Å². The summed E-state index contributed by atoms with van der Waals surface area (Å²) < 4.78 is 39.0. The number of rotatable bonds is 5. The summed E-state index contributed by atoms with van der Waals surface area (Å²) in [4.78, 5) is 11.2. The second kappa shape index (κ2) is 10.1. The van der Waals surface area contributed by atoms with Crippen molar-refractivity contribution in [1.29, 1.82) is 0 Å². The third-order valence-corrected chi connectivity index (χ3v) is 6.84.